The number of rotatable bonds is 5. The first-order chi connectivity index (χ1) is 10.1. The molecule has 0 radical (unpaired) electrons. The van der Waals surface area contributed by atoms with Crippen molar-refractivity contribution in [3.8, 4) is 0 Å². The van der Waals surface area contributed by atoms with Crippen LogP contribution in [0.25, 0.3) is 0 Å². The van der Waals surface area contributed by atoms with Crippen LogP contribution in [-0.2, 0) is 11.2 Å². The van der Waals surface area contributed by atoms with Crippen LogP contribution in [0.1, 0.15) is 44.6 Å². The van der Waals surface area contributed by atoms with E-state index in [0.717, 1.165) is 42.7 Å². The molecule has 1 amide bonds. The first-order valence-corrected chi connectivity index (χ1v) is 8.19. The zero-order valence-electron chi connectivity index (χ0n) is 12.7. The minimum Gasteiger partial charge on any atom is -0.353 e. The van der Waals surface area contributed by atoms with E-state index in [0.29, 0.717) is 6.54 Å². The average molecular weight is 309 g/mol. The van der Waals surface area contributed by atoms with Gasteiger partial charge in [0.05, 0.1) is 5.41 Å². The summed E-state index contributed by atoms with van der Waals surface area (Å²) in [7, 11) is 0. The fourth-order valence-corrected chi connectivity index (χ4v) is 3.41. The largest absolute Gasteiger partial charge is 0.353 e. The van der Waals surface area contributed by atoms with Gasteiger partial charge in [0.2, 0.25) is 5.91 Å². The Kier molecular flexibility index (Phi) is 5.65. The molecule has 4 heteroatoms. The molecule has 0 spiro atoms. The Hall–Kier alpha value is -1.06. The molecule has 21 heavy (non-hydrogen) atoms. The van der Waals surface area contributed by atoms with Crippen molar-refractivity contribution in [1.82, 2.24) is 5.32 Å². The van der Waals surface area contributed by atoms with Gasteiger partial charge in [0, 0.05) is 17.6 Å². The lowest BCUT2D eigenvalue weighted by atomic mass is 9.73. The molecule has 1 fully saturated rings. The van der Waals surface area contributed by atoms with Gasteiger partial charge >= 0.3 is 0 Å². The first-order valence-electron chi connectivity index (χ1n) is 7.81. The molecular formula is C17H25ClN2O. The molecule has 1 saturated carbocycles. The molecule has 3 nitrogen and oxygen atoms in total. The molecule has 3 N–H and O–H groups in total. The van der Waals surface area contributed by atoms with Crippen molar-refractivity contribution >= 4 is 17.5 Å². The number of hydrogen-bond donors (Lipinski definition) is 2. The van der Waals surface area contributed by atoms with E-state index in [-0.39, 0.29) is 17.4 Å². The molecule has 0 aliphatic heterocycles. The highest BCUT2D eigenvalue weighted by Crippen LogP contribution is 2.35. The van der Waals surface area contributed by atoms with E-state index in [9.17, 15) is 4.79 Å². The number of hydrogen-bond acceptors (Lipinski definition) is 2. The maximum Gasteiger partial charge on any atom is 0.227 e. The summed E-state index contributed by atoms with van der Waals surface area (Å²) in [6.07, 6.45) is 6.04. The number of carbonyl (C=O) groups excluding carboxylic acids is 1. The molecule has 1 aromatic carbocycles. The monoisotopic (exact) mass is 308 g/mol. The van der Waals surface area contributed by atoms with Crippen LogP contribution in [0.2, 0.25) is 5.02 Å². The Morgan fingerprint density at radius 2 is 2.10 bits per heavy atom. The molecule has 1 aliphatic rings. The third-order valence-corrected chi connectivity index (χ3v) is 4.73. The van der Waals surface area contributed by atoms with Crippen LogP contribution in [0.5, 0.6) is 0 Å². The molecule has 1 unspecified atom stereocenters. The van der Waals surface area contributed by atoms with E-state index in [2.05, 4.69) is 5.32 Å². The zero-order valence-corrected chi connectivity index (χ0v) is 13.5. The fraction of sp³-hybridized carbons (Fsp3) is 0.588. The normalized spacial score (nSPS) is 19.0. The molecule has 0 heterocycles. The van der Waals surface area contributed by atoms with Gasteiger partial charge in [-0.2, -0.15) is 0 Å². The van der Waals surface area contributed by atoms with Gasteiger partial charge < -0.3 is 11.1 Å². The van der Waals surface area contributed by atoms with Crippen molar-refractivity contribution in [2.24, 2.45) is 11.1 Å². The molecular weight excluding hydrogens is 284 g/mol. The zero-order chi connectivity index (χ0) is 15.3. The van der Waals surface area contributed by atoms with Crippen molar-refractivity contribution in [1.29, 1.82) is 0 Å². The second-order valence-corrected chi connectivity index (χ2v) is 6.69. The number of carbonyl (C=O) groups is 1. The van der Waals surface area contributed by atoms with Crippen molar-refractivity contribution in [2.45, 2.75) is 51.5 Å². The molecule has 0 saturated heterocycles. The molecule has 1 aliphatic carbocycles. The summed E-state index contributed by atoms with van der Waals surface area (Å²) in [6.45, 7) is 2.48. The van der Waals surface area contributed by atoms with Gasteiger partial charge in [-0.1, -0.05) is 43.0 Å². The maximum absolute atomic E-state index is 12.6. The number of halogens is 1. The standard InChI is InChI=1S/C17H25ClN2O/c1-13(10-14-6-5-7-15(18)11-14)20-16(21)17(12-19)8-3-2-4-9-17/h5-7,11,13H,2-4,8-10,12,19H2,1H3,(H,20,21). The third kappa shape index (κ3) is 4.21. The number of nitrogens with one attached hydrogen (secondary N) is 1. The molecule has 116 valence electrons. The van der Waals surface area contributed by atoms with Gasteiger partial charge in [-0.3, -0.25) is 4.79 Å². The second-order valence-electron chi connectivity index (χ2n) is 6.25. The fourth-order valence-electron chi connectivity index (χ4n) is 3.20. The number of nitrogens with two attached hydrogens (primary N) is 1. The highest BCUT2D eigenvalue weighted by atomic mass is 35.5. The minimum atomic E-state index is -0.346. The van der Waals surface area contributed by atoms with E-state index >= 15 is 0 Å². The highest BCUT2D eigenvalue weighted by molar-refractivity contribution is 6.30. The first kappa shape index (κ1) is 16.3. The van der Waals surface area contributed by atoms with Gasteiger partial charge in [0.25, 0.3) is 0 Å². The van der Waals surface area contributed by atoms with Crippen LogP contribution in [0.15, 0.2) is 24.3 Å². The van der Waals surface area contributed by atoms with E-state index in [4.69, 9.17) is 17.3 Å². The van der Waals surface area contributed by atoms with Gasteiger partial charge in [-0.05, 0) is 43.9 Å². The molecule has 2 rings (SSSR count). The summed E-state index contributed by atoms with van der Waals surface area (Å²) in [5, 5.41) is 3.88. The molecule has 0 aromatic heterocycles. The summed E-state index contributed by atoms with van der Waals surface area (Å²) >= 11 is 6.00. The van der Waals surface area contributed by atoms with Gasteiger partial charge in [0.15, 0.2) is 0 Å². The molecule has 0 bridgehead atoms. The summed E-state index contributed by atoms with van der Waals surface area (Å²) in [4.78, 5) is 12.6. The number of benzene rings is 1. The molecule has 1 aromatic rings. The quantitative estimate of drug-likeness (QED) is 0.877. The van der Waals surface area contributed by atoms with Gasteiger partial charge in [-0.25, -0.2) is 0 Å². The van der Waals surface area contributed by atoms with Crippen molar-refractivity contribution < 1.29 is 4.79 Å². The Morgan fingerprint density at radius 1 is 1.38 bits per heavy atom. The van der Waals surface area contributed by atoms with E-state index < -0.39 is 0 Å². The topological polar surface area (TPSA) is 55.1 Å². The second kappa shape index (κ2) is 7.28. The summed E-state index contributed by atoms with van der Waals surface area (Å²) in [6, 6.07) is 7.87. The molecule has 1 atom stereocenters. The van der Waals surface area contributed by atoms with Crippen LogP contribution in [0, 0.1) is 5.41 Å². The SMILES string of the molecule is CC(Cc1cccc(Cl)c1)NC(=O)C1(CN)CCCCC1. The van der Waals surface area contributed by atoms with Crippen LogP contribution in [-0.4, -0.2) is 18.5 Å². The Morgan fingerprint density at radius 3 is 2.71 bits per heavy atom. The number of amides is 1. The lowest BCUT2D eigenvalue weighted by Crippen LogP contribution is -2.50. The summed E-state index contributed by atoms with van der Waals surface area (Å²) in [5.74, 6) is 0.124. The Labute approximate surface area is 132 Å². The van der Waals surface area contributed by atoms with E-state index in [1.165, 1.54) is 6.42 Å². The highest BCUT2D eigenvalue weighted by Gasteiger charge is 2.38. The Balaban J connectivity index is 1.95. The maximum atomic E-state index is 12.6. The van der Waals surface area contributed by atoms with E-state index in [1.807, 2.05) is 31.2 Å². The van der Waals surface area contributed by atoms with Crippen LogP contribution in [0.3, 0.4) is 0 Å². The average Bonchev–Trinajstić information content (AvgIpc) is 2.47. The van der Waals surface area contributed by atoms with Crippen LogP contribution in [0.4, 0.5) is 0 Å². The van der Waals surface area contributed by atoms with Gasteiger partial charge in [0.1, 0.15) is 0 Å². The van der Waals surface area contributed by atoms with E-state index in [1.54, 1.807) is 0 Å². The van der Waals surface area contributed by atoms with Crippen LogP contribution >= 0.6 is 11.6 Å². The van der Waals surface area contributed by atoms with Crippen molar-refractivity contribution in [2.75, 3.05) is 6.54 Å². The smallest absolute Gasteiger partial charge is 0.227 e. The lowest BCUT2D eigenvalue weighted by Gasteiger charge is -2.35. The predicted molar refractivity (Wildman–Crippen MR) is 87.3 cm³/mol. The summed E-state index contributed by atoms with van der Waals surface area (Å²) in [5.41, 5.74) is 6.70. The van der Waals surface area contributed by atoms with Crippen LogP contribution < -0.4 is 11.1 Å². The minimum absolute atomic E-state index is 0.0846. The third-order valence-electron chi connectivity index (χ3n) is 4.49. The summed E-state index contributed by atoms with van der Waals surface area (Å²) < 4.78 is 0. The van der Waals surface area contributed by atoms with Crippen molar-refractivity contribution in [3.63, 3.8) is 0 Å². The lowest BCUT2D eigenvalue weighted by molar-refractivity contribution is -0.133. The predicted octanol–water partition coefficient (Wildman–Crippen LogP) is 3.30. The van der Waals surface area contributed by atoms with Crippen molar-refractivity contribution in [3.05, 3.63) is 34.9 Å². The van der Waals surface area contributed by atoms with Gasteiger partial charge in [-0.15, -0.1) is 0 Å². The Bertz CT molecular complexity index is 483.